The van der Waals surface area contributed by atoms with Crippen molar-refractivity contribution in [3.8, 4) is 11.1 Å². The molecule has 2 heteroatoms. The van der Waals surface area contributed by atoms with Gasteiger partial charge in [-0.1, -0.05) is 62.4 Å². The van der Waals surface area contributed by atoms with Gasteiger partial charge in [-0.15, -0.1) is 0 Å². The quantitative estimate of drug-likeness (QED) is 0.853. The smallest absolute Gasteiger partial charge is 0.0793 e. The normalized spacial score (nSPS) is 14.0. The molecule has 20 heavy (non-hydrogen) atoms. The zero-order chi connectivity index (χ0) is 14.5. The van der Waals surface area contributed by atoms with E-state index in [2.05, 4.69) is 0 Å². The standard InChI is InChI=1S/C18H22O2/c1-3-17(19)14-10-11-15(13-8-6-5-7-9-13)16(12-14)18(20)4-2/h5-12,17-20H,3-4H2,1-2H3. The molecule has 0 aliphatic rings. The van der Waals surface area contributed by atoms with Gasteiger partial charge in [-0.2, -0.15) is 0 Å². The molecule has 0 aromatic heterocycles. The van der Waals surface area contributed by atoms with Gasteiger partial charge in [0, 0.05) is 0 Å². The van der Waals surface area contributed by atoms with Crippen LogP contribution in [-0.4, -0.2) is 10.2 Å². The summed E-state index contributed by atoms with van der Waals surface area (Å²) in [5, 5.41) is 20.3. The topological polar surface area (TPSA) is 40.5 Å². The van der Waals surface area contributed by atoms with Gasteiger partial charge in [-0.05, 0) is 35.1 Å². The minimum Gasteiger partial charge on any atom is -0.388 e. The van der Waals surface area contributed by atoms with E-state index in [0.717, 1.165) is 22.3 Å². The summed E-state index contributed by atoms with van der Waals surface area (Å²) in [7, 11) is 0. The van der Waals surface area contributed by atoms with E-state index in [1.165, 1.54) is 0 Å². The van der Waals surface area contributed by atoms with Crippen molar-refractivity contribution in [2.24, 2.45) is 0 Å². The van der Waals surface area contributed by atoms with E-state index in [1.54, 1.807) is 0 Å². The van der Waals surface area contributed by atoms with Crippen LogP contribution in [0.5, 0.6) is 0 Å². The summed E-state index contributed by atoms with van der Waals surface area (Å²) in [6.45, 7) is 3.91. The van der Waals surface area contributed by atoms with Gasteiger partial charge in [0.1, 0.15) is 0 Å². The van der Waals surface area contributed by atoms with E-state index < -0.39 is 12.2 Å². The van der Waals surface area contributed by atoms with Crippen LogP contribution in [-0.2, 0) is 0 Å². The molecule has 2 nitrogen and oxygen atoms in total. The first-order valence-corrected chi connectivity index (χ1v) is 7.22. The molecular weight excluding hydrogens is 248 g/mol. The molecule has 0 fully saturated rings. The summed E-state index contributed by atoms with van der Waals surface area (Å²) >= 11 is 0. The number of aliphatic hydroxyl groups excluding tert-OH is 2. The Morgan fingerprint density at radius 3 is 2.10 bits per heavy atom. The highest BCUT2D eigenvalue weighted by Crippen LogP contribution is 2.32. The van der Waals surface area contributed by atoms with Gasteiger partial charge in [0.2, 0.25) is 0 Å². The summed E-state index contributed by atoms with van der Waals surface area (Å²) in [6.07, 6.45) is 0.356. The van der Waals surface area contributed by atoms with Crippen molar-refractivity contribution in [2.45, 2.75) is 38.9 Å². The van der Waals surface area contributed by atoms with Gasteiger partial charge in [0.05, 0.1) is 12.2 Å². The van der Waals surface area contributed by atoms with E-state index >= 15 is 0 Å². The highest BCUT2D eigenvalue weighted by Gasteiger charge is 2.15. The maximum Gasteiger partial charge on any atom is 0.0793 e. The third-order valence-electron chi connectivity index (χ3n) is 3.68. The van der Waals surface area contributed by atoms with Gasteiger partial charge in [0.15, 0.2) is 0 Å². The molecule has 2 aromatic carbocycles. The zero-order valence-electron chi connectivity index (χ0n) is 12.1. The highest BCUT2D eigenvalue weighted by molar-refractivity contribution is 5.68. The van der Waals surface area contributed by atoms with E-state index in [4.69, 9.17) is 0 Å². The second-order valence-electron chi connectivity index (χ2n) is 5.06. The van der Waals surface area contributed by atoms with E-state index in [9.17, 15) is 10.2 Å². The van der Waals surface area contributed by atoms with Crippen molar-refractivity contribution in [2.75, 3.05) is 0 Å². The molecule has 0 amide bonds. The number of rotatable bonds is 5. The molecule has 106 valence electrons. The maximum absolute atomic E-state index is 10.3. The minimum atomic E-state index is -0.505. The molecule has 2 aromatic rings. The van der Waals surface area contributed by atoms with Crippen molar-refractivity contribution >= 4 is 0 Å². The van der Waals surface area contributed by atoms with Crippen molar-refractivity contribution < 1.29 is 10.2 Å². The number of hydrogen-bond acceptors (Lipinski definition) is 2. The molecule has 2 rings (SSSR count). The van der Waals surface area contributed by atoms with E-state index in [1.807, 2.05) is 62.4 Å². The van der Waals surface area contributed by atoms with Crippen molar-refractivity contribution in [3.05, 3.63) is 59.7 Å². The Kier molecular flexibility index (Phi) is 4.94. The molecule has 0 saturated heterocycles. The molecule has 0 aliphatic heterocycles. The molecule has 2 N–H and O–H groups in total. The molecule has 0 spiro atoms. The van der Waals surface area contributed by atoms with Crippen LogP contribution in [0.1, 0.15) is 50.0 Å². The SMILES string of the molecule is CCC(O)c1ccc(-c2ccccc2)c(C(O)CC)c1. The number of hydrogen-bond donors (Lipinski definition) is 2. The lowest BCUT2D eigenvalue weighted by atomic mass is 9.91. The lowest BCUT2D eigenvalue weighted by Crippen LogP contribution is -2.02. The van der Waals surface area contributed by atoms with Gasteiger partial charge in [0.25, 0.3) is 0 Å². The minimum absolute atomic E-state index is 0.470. The zero-order valence-corrected chi connectivity index (χ0v) is 12.1. The molecule has 0 bridgehead atoms. The largest absolute Gasteiger partial charge is 0.388 e. The van der Waals surface area contributed by atoms with Crippen LogP contribution in [0.4, 0.5) is 0 Å². The summed E-state index contributed by atoms with van der Waals surface area (Å²) in [5.41, 5.74) is 3.89. The molecule has 0 radical (unpaired) electrons. The van der Waals surface area contributed by atoms with Crippen molar-refractivity contribution in [1.82, 2.24) is 0 Å². The summed E-state index contributed by atoms with van der Waals surface area (Å²) < 4.78 is 0. The Labute approximate surface area is 120 Å². The fourth-order valence-corrected chi connectivity index (χ4v) is 2.40. The van der Waals surface area contributed by atoms with Crippen LogP contribution in [0.25, 0.3) is 11.1 Å². The predicted molar refractivity (Wildman–Crippen MR) is 82.4 cm³/mol. The molecule has 2 atom stereocenters. The summed E-state index contributed by atoms with van der Waals surface area (Å²) in [6, 6.07) is 15.9. The molecule has 0 saturated carbocycles. The maximum atomic E-state index is 10.3. The first-order chi connectivity index (χ1) is 9.67. The van der Waals surface area contributed by atoms with Crippen LogP contribution >= 0.6 is 0 Å². The van der Waals surface area contributed by atoms with Crippen LogP contribution in [0.3, 0.4) is 0 Å². The fraction of sp³-hybridized carbons (Fsp3) is 0.333. The van der Waals surface area contributed by atoms with Crippen LogP contribution < -0.4 is 0 Å². The third-order valence-corrected chi connectivity index (χ3v) is 3.68. The number of aliphatic hydroxyl groups is 2. The Hall–Kier alpha value is -1.64. The van der Waals surface area contributed by atoms with Crippen LogP contribution in [0, 0.1) is 0 Å². The average Bonchev–Trinajstić information content (AvgIpc) is 2.53. The predicted octanol–water partition coefficient (Wildman–Crippen LogP) is 4.24. The lowest BCUT2D eigenvalue weighted by molar-refractivity contribution is 0.167. The van der Waals surface area contributed by atoms with Gasteiger partial charge in [-0.3, -0.25) is 0 Å². The van der Waals surface area contributed by atoms with E-state index in [0.29, 0.717) is 12.8 Å². The van der Waals surface area contributed by atoms with E-state index in [-0.39, 0.29) is 0 Å². The summed E-state index contributed by atoms with van der Waals surface area (Å²) in [5.74, 6) is 0. The fourth-order valence-electron chi connectivity index (χ4n) is 2.40. The first kappa shape index (κ1) is 14.8. The molecule has 2 unspecified atom stereocenters. The van der Waals surface area contributed by atoms with Gasteiger partial charge in [-0.25, -0.2) is 0 Å². The van der Waals surface area contributed by atoms with Crippen LogP contribution in [0.2, 0.25) is 0 Å². The Bertz CT molecular complexity index is 549. The van der Waals surface area contributed by atoms with Crippen molar-refractivity contribution in [3.63, 3.8) is 0 Å². The van der Waals surface area contributed by atoms with Crippen LogP contribution in [0.15, 0.2) is 48.5 Å². The third kappa shape index (κ3) is 3.09. The Morgan fingerprint density at radius 2 is 1.50 bits per heavy atom. The molecule has 0 aliphatic carbocycles. The monoisotopic (exact) mass is 270 g/mol. The Balaban J connectivity index is 2.51. The molecule has 0 heterocycles. The Morgan fingerprint density at radius 1 is 0.850 bits per heavy atom. The average molecular weight is 270 g/mol. The number of benzene rings is 2. The lowest BCUT2D eigenvalue weighted by Gasteiger charge is -2.18. The van der Waals surface area contributed by atoms with Gasteiger partial charge < -0.3 is 10.2 Å². The molecular formula is C18H22O2. The first-order valence-electron chi connectivity index (χ1n) is 7.22. The second-order valence-corrected chi connectivity index (χ2v) is 5.06. The summed E-state index contributed by atoms with van der Waals surface area (Å²) in [4.78, 5) is 0. The second kappa shape index (κ2) is 6.69. The van der Waals surface area contributed by atoms with Gasteiger partial charge >= 0.3 is 0 Å². The van der Waals surface area contributed by atoms with Crippen molar-refractivity contribution in [1.29, 1.82) is 0 Å². The highest BCUT2D eigenvalue weighted by atomic mass is 16.3.